The molecule has 0 unspecified atom stereocenters. The van der Waals surface area contributed by atoms with Crippen LogP contribution in [-0.2, 0) is 0 Å². The molecule has 0 aliphatic heterocycles. The van der Waals surface area contributed by atoms with E-state index >= 15 is 0 Å². The number of pyridine rings is 1. The summed E-state index contributed by atoms with van der Waals surface area (Å²) in [7, 11) is 0. The Morgan fingerprint density at radius 2 is 2.21 bits per heavy atom. The topological polar surface area (TPSA) is 68.9 Å². The molecule has 0 fully saturated rings. The molecule has 19 heavy (non-hydrogen) atoms. The molecule has 0 aliphatic carbocycles. The molecule has 1 aromatic heterocycles. The van der Waals surface area contributed by atoms with E-state index in [1.54, 1.807) is 24.4 Å². The zero-order chi connectivity index (χ0) is 13.7. The summed E-state index contributed by atoms with van der Waals surface area (Å²) >= 11 is 0. The molecule has 0 radical (unpaired) electrons. The molecule has 0 amide bonds. The third-order valence-corrected chi connectivity index (χ3v) is 2.62. The molecule has 0 aliphatic rings. The lowest BCUT2D eigenvalue weighted by Crippen LogP contribution is -2.13. The number of nitrogens with zero attached hydrogens (tertiary/aromatic N) is 2. The van der Waals surface area contributed by atoms with E-state index in [1.807, 2.05) is 6.07 Å². The predicted octanol–water partition coefficient (Wildman–Crippen LogP) is 2.24. The number of anilines is 1. The Morgan fingerprint density at radius 3 is 2.95 bits per heavy atom. The number of halogens is 1. The highest BCUT2D eigenvalue weighted by molar-refractivity contribution is 5.51. The van der Waals surface area contributed by atoms with Crippen LogP contribution < -0.4 is 5.32 Å². The highest BCUT2D eigenvalue weighted by Crippen LogP contribution is 2.16. The molecule has 2 rings (SSSR count). The van der Waals surface area contributed by atoms with Crippen LogP contribution in [0.3, 0.4) is 0 Å². The molecular formula is C14H12FN3O. The maximum Gasteiger partial charge on any atom is 0.143 e. The number of rotatable bonds is 4. The van der Waals surface area contributed by atoms with Crippen LogP contribution in [0.2, 0.25) is 0 Å². The van der Waals surface area contributed by atoms with Crippen LogP contribution >= 0.6 is 0 Å². The Kier molecular flexibility index (Phi) is 4.06. The van der Waals surface area contributed by atoms with Crippen molar-refractivity contribution in [2.75, 3.05) is 11.9 Å². The fraction of sp³-hybridized carbons (Fsp3) is 0.143. The SMILES string of the molecule is N#Cc1cccnc1NC[C@@H](O)c1cccc(F)c1. The molecule has 0 saturated carbocycles. The second-order valence-corrected chi connectivity index (χ2v) is 3.96. The molecule has 5 heteroatoms. The molecule has 4 nitrogen and oxygen atoms in total. The Balaban J connectivity index is 2.05. The third kappa shape index (κ3) is 3.27. The van der Waals surface area contributed by atoms with Crippen molar-refractivity contribution in [1.29, 1.82) is 5.26 Å². The minimum absolute atomic E-state index is 0.148. The van der Waals surface area contributed by atoms with E-state index in [4.69, 9.17) is 5.26 Å². The molecule has 96 valence electrons. The van der Waals surface area contributed by atoms with Crippen LogP contribution in [0.4, 0.5) is 10.2 Å². The summed E-state index contributed by atoms with van der Waals surface area (Å²) in [5.74, 6) is 0.00699. The summed E-state index contributed by atoms with van der Waals surface area (Å²) in [5.41, 5.74) is 0.871. The van der Waals surface area contributed by atoms with Gasteiger partial charge < -0.3 is 10.4 Å². The van der Waals surface area contributed by atoms with Gasteiger partial charge in [-0.2, -0.15) is 5.26 Å². The Bertz CT molecular complexity index is 610. The van der Waals surface area contributed by atoms with Gasteiger partial charge in [-0.25, -0.2) is 9.37 Å². The quantitative estimate of drug-likeness (QED) is 0.881. The molecule has 1 atom stereocenters. The summed E-state index contributed by atoms with van der Waals surface area (Å²) in [6, 6.07) is 11.1. The van der Waals surface area contributed by atoms with Gasteiger partial charge in [-0.05, 0) is 29.8 Å². The molecule has 1 aromatic carbocycles. The van der Waals surface area contributed by atoms with Gasteiger partial charge in [-0.15, -0.1) is 0 Å². The number of aliphatic hydroxyl groups excluding tert-OH is 1. The first-order chi connectivity index (χ1) is 9.20. The molecule has 2 aromatic rings. The van der Waals surface area contributed by atoms with Crippen LogP contribution in [0.15, 0.2) is 42.6 Å². The normalized spacial score (nSPS) is 11.6. The van der Waals surface area contributed by atoms with Crippen LogP contribution in [-0.4, -0.2) is 16.6 Å². The van der Waals surface area contributed by atoms with Crippen LogP contribution in [0, 0.1) is 17.1 Å². The fourth-order valence-electron chi connectivity index (χ4n) is 1.66. The number of benzene rings is 1. The first-order valence-corrected chi connectivity index (χ1v) is 5.73. The minimum Gasteiger partial charge on any atom is -0.387 e. The average Bonchev–Trinajstić information content (AvgIpc) is 2.45. The molecule has 0 saturated heterocycles. The largest absolute Gasteiger partial charge is 0.387 e. The van der Waals surface area contributed by atoms with Crippen molar-refractivity contribution >= 4 is 5.82 Å². The number of aliphatic hydroxyl groups is 1. The first kappa shape index (κ1) is 13.0. The van der Waals surface area contributed by atoms with E-state index in [0.717, 1.165) is 0 Å². The van der Waals surface area contributed by atoms with Gasteiger partial charge in [0.1, 0.15) is 17.7 Å². The summed E-state index contributed by atoms with van der Waals surface area (Å²) in [5, 5.41) is 21.7. The summed E-state index contributed by atoms with van der Waals surface area (Å²) in [4.78, 5) is 4.01. The summed E-state index contributed by atoms with van der Waals surface area (Å²) in [6.45, 7) is 0.148. The van der Waals surface area contributed by atoms with E-state index < -0.39 is 11.9 Å². The van der Waals surface area contributed by atoms with Crippen molar-refractivity contribution in [2.45, 2.75) is 6.10 Å². The third-order valence-electron chi connectivity index (χ3n) is 2.62. The zero-order valence-electron chi connectivity index (χ0n) is 10.0. The molecule has 1 heterocycles. The predicted molar refractivity (Wildman–Crippen MR) is 68.8 cm³/mol. The first-order valence-electron chi connectivity index (χ1n) is 5.73. The second kappa shape index (κ2) is 5.94. The molecule has 2 N–H and O–H groups in total. The number of hydrogen-bond donors (Lipinski definition) is 2. The number of aromatic nitrogens is 1. The van der Waals surface area contributed by atoms with Gasteiger partial charge >= 0.3 is 0 Å². The summed E-state index contributed by atoms with van der Waals surface area (Å²) < 4.78 is 13.0. The minimum atomic E-state index is -0.871. The van der Waals surface area contributed by atoms with E-state index in [1.165, 1.54) is 18.2 Å². The molecule has 0 bridgehead atoms. The number of nitriles is 1. The van der Waals surface area contributed by atoms with Crippen molar-refractivity contribution < 1.29 is 9.50 Å². The zero-order valence-corrected chi connectivity index (χ0v) is 10.0. The highest BCUT2D eigenvalue weighted by atomic mass is 19.1. The lowest BCUT2D eigenvalue weighted by Gasteiger charge is -2.13. The standard InChI is InChI=1S/C14H12FN3O/c15-12-5-1-3-10(7-12)13(19)9-18-14-11(8-16)4-2-6-17-14/h1-7,13,19H,9H2,(H,17,18)/t13-/m1/s1. The van der Waals surface area contributed by atoms with Crippen LogP contribution in [0.1, 0.15) is 17.2 Å². The maximum absolute atomic E-state index is 13.0. The van der Waals surface area contributed by atoms with Crippen LogP contribution in [0.25, 0.3) is 0 Å². The van der Waals surface area contributed by atoms with Crippen molar-refractivity contribution in [3.63, 3.8) is 0 Å². The monoisotopic (exact) mass is 257 g/mol. The summed E-state index contributed by atoms with van der Waals surface area (Å²) in [6.07, 6.45) is 0.682. The number of hydrogen-bond acceptors (Lipinski definition) is 4. The Hall–Kier alpha value is -2.45. The van der Waals surface area contributed by atoms with E-state index in [9.17, 15) is 9.50 Å². The van der Waals surface area contributed by atoms with Crippen molar-refractivity contribution in [3.8, 4) is 6.07 Å². The van der Waals surface area contributed by atoms with Crippen molar-refractivity contribution in [2.24, 2.45) is 0 Å². The lowest BCUT2D eigenvalue weighted by molar-refractivity contribution is 0.191. The molecule has 0 spiro atoms. The van der Waals surface area contributed by atoms with Crippen molar-refractivity contribution in [1.82, 2.24) is 4.98 Å². The van der Waals surface area contributed by atoms with E-state index in [0.29, 0.717) is 16.9 Å². The lowest BCUT2D eigenvalue weighted by atomic mass is 10.1. The second-order valence-electron chi connectivity index (χ2n) is 3.96. The molecular weight excluding hydrogens is 245 g/mol. The highest BCUT2D eigenvalue weighted by Gasteiger charge is 2.09. The van der Waals surface area contributed by atoms with Crippen molar-refractivity contribution in [3.05, 3.63) is 59.5 Å². The van der Waals surface area contributed by atoms with Gasteiger partial charge in [-0.3, -0.25) is 0 Å². The Labute approximate surface area is 110 Å². The van der Waals surface area contributed by atoms with Gasteiger partial charge in [0.25, 0.3) is 0 Å². The van der Waals surface area contributed by atoms with Crippen LogP contribution in [0.5, 0.6) is 0 Å². The fourth-order valence-corrected chi connectivity index (χ4v) is 1.66. The number of nitrogens with one attached hydrogen (secondary N) is 1. The van der Waals surface area contributed by atoms with E-state index in [-0.39, 0.29) is 6.54 Å². The van der Waals surface area contributed by atoms with Gasteiger partial charge in [-0.1, -0.05) is 12.1 Å². The van der Waals surface area contributed by atoms with Gasteiger partial charge in [0.2, 0.25) is 0 Å². The smallest absolute Gasteiger partial charge is 0.143 e. The van der Waals surface area contributed by atoms with Gasteiger partial charge in [0.15, 0.2) is 0 Å². The van der Waals surface area contributed by atoms with E-state index in [2.05, 4.69) is 10.3 Å². The average molecular weight is 257 g/mol. The maximum atomic E-state index is 13.0. The van der Waals surface area contributed by atoms with Gasteiger partial charge in [0, 0.05) is 12.7 Å². The van der Waals surface area contributed by atoms with Gasteiger partial charge in [0.05, 0.1) is 11.7 Å². The Morgan fingerprint density at radius 1 is 1.37 bits per heavy atom.